The van der Waals surface area contributed by atoms with Crippen molar-refractivity contribution in [3.8, 4) is 0 Å². The quantitative estimate of drug-likeness (QED) is 0.814. The molecule has 19 heavy (non-hydrogen) atoms. The van der Waals surface area contributed by atoms with Crippen LogP contribution in [-0.2, 0) is 14.8 Å². The Labute approximate surface area is 114 Å². The average molecular weight is 284 g/mol. The van der Waals surface area contributed by atoms with E-state index in [4.69, 9.17) is 10.5 Å². The summed E-state index contributed by atoms with van der Waals surface area (Å²) in [5.74, 6) is 0.251. The van der Waals surface area contributed by atoms with Crippen molar-refractivity contribution in [2.75, 3.05) is 25.5 Å². The van der Waals surface area contributed by atoms with Gasteiger partial charge in [-0.15, -0.1) is 0 Å². The summed E-state index contributed by atoms with van der Waals surface area (Å²) in [4.78, 5) is 0.200. The third-order valence-corrected chi connectivity index (χ3v) is 5.19. The fourth-order valence-electron chi connectivity index (χ4n) is 2.21. The molecule has 0 spiro atoms. The van der Waals surface area contributed by atoms with Crippen molar-refractivity contribution in [2.24, 2.45) is 5.92 Å². The minimum atomic E-state index is -3.56. The van der Waals surface area contributed by atoms with Crippen molar-refractivity contribution in [1.29, 1.82) is 0 Å². The first-order valence-electron chi connectivity index (χ1n) is 6.35. The number of ether oxygens (including phenoxy) is 1. The lowest BCUT2D eigenvalue weighted by Crippen LogP contribution is -2.30. The van der Waals surface area contributed by atoms with Gasteiger partial charge in [0.2, 0.25) is 10.0 Å². The number of nitrogen functional groups attached to an aromatic ring is 1. The molecule has 2 rings (SSSR count). The summed E-state index contributed by atoms with van der Waals surface area (Å²) in [5.41, 5.74) is 7.73. The predicted octanol–water partition coefficient (Wildman–Crippen LogP) is 1.20. The first-order valence-corrected chi connectivity index (χ1v) is 7.83. The Morgan fingerprint density at radius 1 is 1.42 bits per heavy atom. The Balaban J connectivity index is 2.21. The SMILES string of the molecule is Cc1ccc(N)c(S(=O)(=O)NCC2CCOC2)c1C. The molecule has 1 atom stereocenters. The molecule has 0 saturated carbocycles. The molecule has 6 heteroatoms. The van der Waals surface area contributed by atoms with Gasteiger partial charge in [0.15, 0.2) is 0 Å². The summed E-state index contributed by atoms with van der Waals surface area (Å²) in [6.07, 6.45) is 0.894. The number of aryl methyl sites for hydroxylation is 1. The highest BCUT2D eigenvalue weighted by Gasteiger charge is 2.23. The van der Waals surface area contributed by atoms with Gasteiger partial charge in [0.05, 0.1) is 12.3 Å². The third-order valence-electron chi connectivity index (χ3n) is 3.56. The molecule has 106 valence electrons. The predicted molar refractivity (Wildman–Crippen MR) is 74.4 cm³/mol. The zero-order valence-electron chi connectivity index (χ0n) is 11.3. The van der Waals surface area contributed by atoms with Gasteiger partial charge in [0.25, 0.3) is 0 Å². The molecule has 0 amide bonds. The molecule has 0 aromatic heterocycles. The normalized spacial score (nSPS) is 19.8. The Kier molecular flexibility index (Phi) is 4.13. The van der Waals surface area contributed by atoms with E-state index in [1.165, 1.54) is 0 Å². The number of sulfonamides is 1. The van der Waals surface area contributed by atoms with Crippen molar-refractivity contribution in [3.63, 3.8) is 0 Å². The second-order valence-corrected chi connectivity index (χ2v) is 6.71. The number of hydrogen-bond acceptors (Lipinski definition) is 4. The van der Waals surface area contributed by atoms with Crippen LogP contribution in [0.4, 0.5) is 5.69 Å². The van der Waals surface area contributed by atoms with E-state index < -0.39 is 10.0 Å². The largest absolute Gasteiger partial charge is 0.398 e. The van der Waals surface area contributed by atoms with Gasteiger partial charge in [-0.2, -0.15) is 0 Å². The lowest BCUT2D eigenvalue weighted by molar-refractivity contribution is 0.186. The monoisotopic (exact) mass is 284 g/mol. The molecule has 0 bridgehead atoms. The molecule has 0 radical (unpaired) electrons. The van der Waals surface area contributed by atoms with Gasteiger partial charge in [0, 0.05) is 13.2 Å². The van der Waals surface area contributed by atoms with Gasteiger partial charge in [0.1, 0.15) is 4.90 Å². The van der Waals surface area contributed by atoms with Gasteiger partial charge >= 0.3 is 0 Å². The van der Waals surface area contributed by atoms with E-state index in [1.807, 2.05) is 13.0 Å². The van der Waals surface area contributed by atoms with Gasteiger partial charge in [-0.1, -0.05) is 6.07 Å². The minimum Gasteiger partial charge on any atom is -0.398 e. The standard InChI is InChI=1S/C13H20N2O3S/c1-9-3-4-12(14)13(10(9)2)19(16,17)15-7-11-5-6-18-8-11/h3-4,11,15H,5-8,14H2,1-2H3. The molecule has 1 aliphatic heterocycles. The summed E-state index contributed by atoms with van der Waals surface area (Å²) < 4.78 is 32.6. The topological polar surface area (TPSA) is 81.4 Å². The zero-order valence-corrected chi connectivity index (χ0v) is 12.1. The van der Waals surface area contributed by atoms with Crippen LogP contribution in [0.2, 0.25) is 0 Å². The van der Waals surface area contributed by atoms with Crippen LogP contribution in [0.3, 0.4) is 0 Å². The molecule has 3 N–H and O–H groups in total. The number of rotatable bonds is 4. The van der Waals surface area contributed by atoms with Crippen LogP contribution < -0.4 is 10.5 Å². The van der Waals surface area contributed by atoms with Gasteiger partial charge in [-0.3, -0.25) is 0 Å². The molecule has 1 aliphatic rings. The highest BCUT2D eigenvalue weighted by Crippen LogP contribution is 2.25. The maximum absolute atomic E-state index is 12.4. The number of benzene rings is 1. The fraction of sp³-hybridized carbons (Fsp3) is 0.538. The Bertz CT molecular complexity index is 563. The van der Waals surface area contributed by atoms with Crippen molar-refractivity contribution in [1.82, 2.24) is 4.72 Å². The van der Waals surface area contributed by atoms with Crippen LogP contribution in [0, 0.1) is 19.8 Å². The first kappa shape index (κ1) is 14.3. The van der Waals surface area contributed by atoms with Crippen LogP contribution >= 0.6 is 0 Å². The highest BCUT2D eigenvalue weighted by molar-refractivity contribution is 7.89. The van der Waals surface area contributed by atoms with Crippen molar-refractivity contribution >= 4 is 15.7 Å². The van der Waals surface area contributed by atoms with E-state index in [0.717, 1.165) is 12.0 Å². The molecule has 1 fully saturated rings. The van der Waals surface area contributed by atoms with Crippen LogP contribution in [0.25, 0.3) is 0 Å². The summed E-state index contributed by atoms with van der Waals surface area (Å²) >= 11 is 0. The smallest absolute Gasteiger partial charge is 0.242 e. The summed E-state index contributed by atoms with van der Waals surface area (Å²) in [5, 5.41) is 0. The average Bonchev–Trinajstić information content (AvgIpc) is 2.85. The molecule has 0 aliphatic carbocycles. The van der Waals surface area contributed by atoms with E-state index in [0.29, 0.717) is 31.0 Å². The Hall–Kier alpha value is -1.11. The van der Waals surface area contributed by atoms with Crippen molar-refractivity contribution < 1.29 is 13.2 Å². The van der Waals surface area contributed by atoms with Gasteiger partial charge in [-0.25, -0.2) is 13.1 Å². The van der Waals surface area contributed by atoms with Crippen LogP contribution in [0.5, 0.6) is 0 Å². The number of nitrogens with one attached hydrogen (secondary N) is 1. The summed E-state index contributed by atoms with van der Waals surface area (Å²) in [7, 11) is -3.56. The molecule has 1 aromatic rings. The Morgan fingerprint density at radius 2 is 2.16 bits per heavy atom. The number of hydrogen-bond donors (Lipinski definition) is 2. The molecule has 1 aromatic carbocycles. The highest BCUT2D eigenvalue weighted by atomic mass is 32.2. The zero-order chi connectivity index (χ0) is 14.0. The van der Waals surface area contributed by atoms with Crippen LogP contribution in [-0.4, -0.2) is 28.2 Å². The molecular formula is C13H20N2O3S. The van der Waals surface area contributed by atoms with Crippen molar-refractivity contribution in [2.45, 2.75) is 25.2 Å². The molecular weight excluding hydrogens is 264 g/mol. The Morgan fingerprint density at radius 3 is 2.79 bits per heavy atom. The fourth-order valence-corrected chi connectivity index (χ4v) is 3.75. The maximum Gasteiger partial charge on any atom is 0.242 e. The van der Waals surface area contributed by atoms with E-state index in [1.54, 1.807) is 13.0 Å². The lowest BCUT2D eigenvalue weighted by atomic mass is 10.1. The molecule has 1 saturated heterocycles. The summed E-state index contributed by atoms with van der Waals surface area (Å²) in [6, 6.07) is 3.46. The molecule has 1 unspecified atom stereocenters. The van der Waals surface area contributed by atoms with Crippen LogP contribution in [0.1, 0.15) is 17.5 Å². The summed E-state index contributed by atoms with van der Waals surface area (Å²) in [6.45, 7) is 5.37. The van der Waals surface area contributed by atoms with Crippen LogP contribution in [0.15, 0.2) is 17.0 Å². The number of nitrogens with two attached hydrogens (primary N) is 1. The maximum atomic E-state index is 12.4. The van der Waals surface area contributed by atoms with E-state index in [9.17, 15) is 8.42 Å². The minimum absolute atomic E-state index is 0.200. The second kappa shape index (κ2) is 5.48. The molecule has 1 heterocycles. The second-order valence-electron chi connectivity index (χ2n) is 5.01. The third kappa shape index (κ3) is 3.08. The molecule has 5 nitrogen and oxygen atoms in total. The number of anilines is 1. The van der Waals surface area contributed by atoms with E-state index >= 15 is 0 Å². The van der Waals surface area contributed by atoms with Crippen molar-refractivity contribution in [3.05, 3.63) is 23.3 Å². The van der Waals surface area contributed by atoms with E-state index in [2.05, 4.69) is 4.72 Å². The van der Waals surface area contributed by atoms with Gasteiger partial charge in [-0.05, 0) is 43.4 Å². The first-order chi connectivity index (χ1) is 8.92. The lowest BCUT2D eigenvalue weighted by Gasteiger charge is -2.15. The van der Waals surface area contributed by atoms with E-state index in [-0.39, 0.29) is 10.8 Å². The van der Waals surface area contributed by atoms with Gasteiger partial charge < -0.3 is 10.5 Å².